The van der Waals surface area contributed by atoms with Crippen molar-refractivity contribution in [1.29, 1.82) is 0 Å². The topological polar surface area (TPSA) is 67.6 Å². The van der Waals surface area contributed by atoms with E-state index < -0.39 is 0 Å². The Morgan fingerprint density at radius 2 is 2.19 bits per heavy atom. The first-order valence-corrected chi connectivity index (χ1v) is 8.23. The van der Waals surface area contributed by atoms with Gasteiger partial charge in [-0.2, -0.15) is 0 Å². The summed E-state index contributed by atoms with van der Waals surface area (Å²) in [5.74, 6) is 1.27. The summed E-state index contributed by atoms with van der Waals surface area (Å²) in [4.78, 5) is 7.44. The van der Waals surface area contributed by atoms with E-state index in [9.17, 15) is 0 Å². The zero-order valence-electron chi connectivity index (χ0n) is 10.8. The maximum Gasteiger partial charge on any atom is 0.277 e. The van der Waals surface area contributed by atoms with Crippen molar-refractivity contribution in [1.82, 2.24) is 20.2 Å². The molecule has 0 aliphatic heterocycles. The summed E-state index contributed by atoms with van der Waals surface area (Å²) >= 11 is 3.08. The summed E-state index contributed by atoms with van der Waals surface area (Å²) in [5.41, 5.74) is 4.83. The highest BCUT2D eigenvalue weighted by atomic mass is 32.2. The molecule has 0 atom stereocenters. The van der Waals surface area contributed by atoms with Gasteiger partial charge >= 0.3 is 0 Å². The van der Waals surface area contributed by atoms with Gasteiger partial charge in [0.1, 0.15) is 0 Å². The first kappa shape index (κ1) is 12.6. The standard InChI is InChI=1S/C14H10N4OS2/c1-2-4-12-10(3-1)11(5-15-12)13-17-18-14(19-13)21-7-9-6-20-8-16-9/h1-6,8,15H,7H2. The number of fused-ring (bicyclic) bond motifs is 1. The van der Waals surface area contributed by atoms with Gasteiger partial charge in [-0.05, 0) is 6.07 Å². The average Bonchev–Trinajstić information content (AvgIpc) is 3.25. The molecule has 0 unspecified atom stereocenters. The number of thioether (sulfide) groups is 1. The Labute approximate surface area is 128 Å². The highest BCUT2D eigenvalue weighted by Gasteiger charge is 2.13. The molecule has 4 rings (SSSR count). The summed E-state index contributed by atoms with van der Waals surface area (Å²) in [7, 11) is 0. The number of rotatable bonds is 4. The van der Waals surface area contributed by atoms with E-state index in [2.05, 4.69) is 20.2 Å². The Hall–Kier alpha value is -2.12. The summed E-state index contributed by atoms with van der Waals surface area (Å²) in [6.45, 7) is 0. The molecule has 3 heterocycles. The van der Waals surface area contributed by atoms with Crippen LogP contribution in [0.25, 0.3) is 22.4 Å². The van der Waals surface area contributed by atoms with E-state index in [1.807, 2.05) is 41.4 Å². The van der Waals surface area contributed by atoms with E-state index in [-0.39, 0.29) is 0 Å². The van der Waals surface area contributed by atoms with Crippen LogP contribution in [0.4, 0.5) is 0 Å². The number of thiazole rings is 1. The van der Waals surface area contributed by atoms with E-state index in [0.29, 0.717) is 11.1 Å². The fraction of sp³-hybridized carbons (Fsp3) is 0.0714. The zero-order valence-corrected chi connectivity index (χ0v) is 12.4. The Bertz CT molecular complexity index is 866. The molecule has 1 N–H and O–H groups in total. The second-order valence-electron chi connectivity index (χ2n) is 4.39. The Morgan fingerprint density at radius 3 is 3.10 bits per heavy atom. The summed E-state index contributed by atoms with van der Waals surface area (Å²) in [6.07, 6.45) is 1.90. The molecule has 0 amide bonds. The van der Waals surface area contributed by atoms with Crippen LogP contribution in [0, 0.1) is 0 Å². The van der Waals surface area contributed by atoms with Crippen LogP contribution in [0.2, 0.25) is 0 Å². The van der Waals surface area contributed by atoms with Crippen molar-refractivity contribution in [2.75, 3.05) is 0 Å². The van der Waals surface area contributed by atoms with Gasteiger partial charge in [0.15, 0.2) is 0 Å². The molecule has 7 heteroatoms. The van der Waals surface area contributed by atoms with Crippen LogP contribution >= 0.6 is 23.1 Å². The zero-order chi connectivity index (χ0) is 14.1. The third-order valence-electron chi connectivity index (χ3n) is 3.05. The van der Waals surface area contributed by atoms with Crippen LogP contribution in [0.15, 0.2) is 51.0 Å². The molecule has 0 spiro atoms. The lowest BCUT2D eigenvalue weighted by molar-refractivity contribution is 0.466. The summed E-state index contributed by atoms with van der Waals surface area (Å²) in [5, 5.41) is 11.9. The predicted molar refractivity (Wildman–Crippen MR) is 83.3 cm³/mol. The van der Waals surface area contributed by atoms with Gasteiger partial charge in [0.2, 0.25) is 0 Å². The lowest BCUT2D eigenvalue weighted by atomic mass is 10.2. The molecule has 0 saturated heterocycles. The van der Waals surface area contributed by atoms with Crippen molar-refractivity contribution in [3.8, 4) is 11.5 Å². The van der Waals surface area contributed by atoms with E-state index in [1.165, 1.54) is 11.8 Å². The van der Waals surface area contributed by atoms with E-state index in [4.69, 9.17) is 4.42 Å². The Kier molecular flexibility index (Phi) is 3.21. The molecule has 1 aromatic carbocycles. The lowest BCUT2D eigenvalue weighted by Gasteiger charge is -1.93. The van der Waals surface area contributed by atoms with Crippen LogP contribution in [-0.2, 0) is 5.75 Å². The Balaban J connectivity index is 1.59. The molecule has 21 heavy (non-hydrogen) atoms. The maximum atomic E-state index is 5.73. The minimum Gasteiger partial charge on any atom is -0.411 e. The maximum absolute atomic E-state index is 5.73. The number of benzene rings is 1. The van der Waals surface area contributed by atoms with Crippen molar-refractivity contribution < 1.29 is 4.42 Å². The normalized spacial score (nSPS) is 11.2. The second kappa shape index (κ2) is 5.34. The molecule has 0 aliphatic carbocycles. The van der Waals surface area contributed by atoms with Crippen molar-refractivity contribution in [3.63, 3.8) is 0 Å². The highest BCUT2D eigenvalue weighted by molar-refractivity contribution is 7.98. The van der Waals surface area contributed by atoms with Crippen molar-refractivity contribution in [2.45, 2.75) is 11.0 Å². The molecule has 104 valence electrons. The van der Waals surface area contributed by atoms with Gasteiger partial charge in [0, 0.05) is 28.2 Å². The molecule has 0 saturated carbocycles. The minimum absolute atomic E-state index is 0.535. The van der Waals surface area contributed by atoms with Gasteiger partial charge in [-0.3, -0.25) is 0 Å². The SMILES string of the molecule is c1ccc2c(-c3nnc(SCc4cscn4)o3)c[nH]c2c1. The van der Waals surface area contributed by atoms with E-state index >= 15 is 0 Å². The average molecular weight is 314 g/mol. The number of nitrogens with one attached hydrogen (secondary N) is 1. The molecule has 5 nitrogen and oxygen atoms in total. The predicted octanol–water partition coefficient (Wildman–Crippen LogP) is 3.97. The first-order chi connectivity index (χ1) is 10.4. The van der Waals surface area contributed by atoms with Crippen LogP contribution in [-0.4, -0.2) is 20.2 Å². The molecule has 0 fully saturated rings. The van der Waals surface area contributed by atoms with Crippen LogP contribution in [0.1, 0.15) is 5.69 Å². The van der Waals surface area contributed by atoms with Gasteiger partial charge < -0.3 is 9.40 Å². The summed E-state index contributed by atoms with van der Waals surface area (Å²) in [6, 6.07) is 8.04. The number of aromatic amines is 1. The van der Waals surface area contributed by atoms with E-state index in [0.717, 1.165) is 27.9 Å². The van der Waals surface area contributed by atoms with Gasteiger partial charge in [0.05, 0.1) is 16.8 Å². The fourth-order valence-electron chi connectivity index (χ4n) is 2.07. The molecular formula is C14H10N4OS2. The van der Waals surface area contributed by atoms with Gasteiger partial charge in [-0.1, -0.05) is 30.0 Å². The number of nitrogens with zero attached hydrogens (tertiary/aromatic N) is 3. The molecule has 0 bridgehead atoms. The largest absolute Gasteiger partial charge is 0.411 e. The third-order valence-corrected chi connectivity index (χ3v) is 4.54. The summed E-state index contributed by atoms with van der Waals surface area (Å²) < 4.78 is 5.73. The number of hydrogen-bond donors (Lipinski definition) is 1. The third kappa shape index (κ3) is 2.45. The van der Waals surface area contributed by atoms with Gasteiger partial charge in [0.25, 0.3) is 11.1 Å². The quantitative estimate of drug-likeness (QED) is 0.577. The number of para-hydroxylation sites is 1. The first-order valence-electron chi connectivity index (χ1n) is 6.30. The van der Waals surface area contributed by atoms with Crippen molar-refractivity contribution >= 4 is 34.0 Å². The van der Waals surface area contributed by atoms with Crippen LogP contribution in [0.5, 0.6) is 0 Å². The van der Waals surface area contributed by atoms with Crippen molar-refractivity contribution in [2.24, 2.45) is 0 Å². The second-order valence-corrected chi connectivity index (χ2v) is 6.03. The highest BCUT2D eigenvalue weighted by Crippen LogP contribution is 2.30. The monoisotopic (exact) mass is 314 g/mol. The molecule has 0 radical (unpaired) electrons. The number of hydrogen-bond acceptors (Lipinski definition) is 6. The minimum atomic E-state index is 0.535. The van der Waals surface area contributed by atoms with E-state index in [1.54, 1.807) is 11.3 Å². The molecular weight excluding hydrogens is 304 g/mol. The lowest BCUT2D eigenvalue weighted by Crippen LogP contribution is -1.79. The van der Waals surface area contributed by atoms with Crippen LogP contribution in [0.3, 0.4) is 0 Å². The van der Waals surface area contributed by atoms with Crippen molar-refractivity contribution in [3.05, 3.63) is 47.0 Å². The van der Waals surface area contributed by atoms with Gasteiger partial charge in [-0.25, -0.2) is 4.98 Å². The smallest absolute Gasteiger partial charge is 0.277 e. The van der Waals surface area contributed by atoms with Crippen LogP contribution < -0.4 is 0 Å². The molecule has 3 aromatic heterocycles. The van der Waals surface area contributed by atoms with Gasteiger partial charge in [-0.15, -0.1) is 21.5 Å². The Morgan fingerprint density at radius 1 is 1.24 bits per heavy atom. The number of H-pyrrole nitrogens is 1. The fourth-order valence-corrected chi connectivity index (χ4v) is 3.40. The molecule has 4 aromatic rings. The molecule has 0 aliphatic rings. The number of aromatic nitrogens is 4.